The highest BCUT2D eigenvalue weighted by Crippen LogP contribution is 2.23. The van der Waals surface area contributed by atoms with Crippen LogP contribution in [0.1, 0.15) is 60.4 Å². The molecule has 3 aromatic rings. The third-order valence-electron chi connectivity index (χ3n) is 4.08. The van der Waals surface area contributed by atoms with Crippen LogP contribution in [0.2, 0.25) is 0 Å². The fourth-order valence-corrected chi connectivity index (χ4v) is 2.72. The van der Waals surface area contributed by atoms with Crippen molar-refractivity contribution in [3.05, 3.63) is 59.4 Å². The summed E-state index contributed by atoms with van der Waals surface area (Å²) in [6, 6.07) is 9.68. The van der Waals surface area contributed by atoms with Crippen LogP contribution in [0, 0.1) is 6.92 Å². The number of H-pyrrole nitrogens is 1. The molecule has 1 atom stereocenters. The van der Waals surface area contributed by atoms with Gasteiger partial charge in [-0.05, 0) is 19.4 Å². The molecule has 0 unspecified atom stereocenters. The number of amides is 1. The number of rotatable bonds is 5. The van der Waals surface area contributed by atoms with Gasteiger partial charge in [-0.25, -0.2) is 4.98 Å². The van der Waals surface area contributed by atoms with Crippen molar-refractivity contribution in [2.75, 3.05) is 0 Å². The Morgan fingerprint density at radius 1 is 1.20 bits per heavy atom. The van der Waals surface area contributed by atoms with Crippen LogP contribution in [0.25, 0.3) is 11.3 Å². The Hall–Kier alpha value is -2.89. The molecule has 0 aliphatic heterocycles. The maximum absolute atomic E-state index is 12.7. The lowest BCUT2D eigenvalue weighted by Crippen LogP contribution is -2.28. The van der Waals surface area contributed by atoms with E-state index in [4.69, 9.17) is 4.52 Å². The molecule has 2 aromatic heterocycles. The molecule has 0 spiro atoms. The Bertz CT molecular complexity index is 865. The molecule has 0 aliphatic rings. The third kappa shape index (κ3) is 3.47. The van der Waals surface area contributed by atoms with Crippen LogP contribution < -0.4 is 5.32 Å². The largest absolute Gasteiger partial charge is 0.360 e. The van der Waals surface area contributed by atoms with Crippen molar-refractivity contribution in [2.45, 2.75) is 39.7 Å². The second kappa shape index (κ2) is 6.93. The van der Waals surface area contributed by atoms with Gasteiger partial charge in [0.25, 0.3) is 5.91 Å². The molecule has 1 amide bonds. The molecule has 1 aromatic carbocycles. The van der Waals surface area contributed by atoms with E-state index >= 15 is 0 Å². The SMILES string of the molecule is Cc1noc(C(C)C)c1C(=O)N[C@H](C)c1ncc(-c2ccccc2)[nH]1. The van der Waals surface area contributed by atoms with Crippen LogP contribution in [-0.2, 0) is 0 Å². The minimum absolute atomic E-state index is 0.0885. The van der Waals surface area contributed by atoms with E-state index in [1.165, 1.54) is 0 Å². The van der Waals surface area contributed by atoms with E-state index in [0.29, 0.717) is 22.8 Å². The highest BCUT2D eigenvalue weighted by molar-refractivity contribution is 5.96. The van der Waals surface area contributed by atoms with Crippen molar-refractivity contribution >= 4 is 5.91 Å². The highest BCUT2D eigenvalue weighted by Gasteiger charge is 2.24. The standard InChI is InChI=1S/C19H22N4O2/c1-11(2)17-16(12(3)23-25-17)19(24)21-13(4)18-20-10-15(22-18)14-8-6-5-7-9-14/h5-11,13H,1-4H3,(H,20,22)(H,21,24)/t13-/m1/s1. The molecule has 0 fully saturated rings. The molecular formula is C19H22N4O2. The van der Waals surface area contributed by atoms with E-state index in [1.807, 2.05) is 51.1 Å². The first-order chi connectivity index (χ1) is 12.0. The van der Waals surface area contributed by atoms with Crippen LogP contribution in [-0.4, -0.2) is 21.0 Å². The third-order valence-corrected chi connectivity index (χ3v) is 4.08. The molecule has 25 heavy (non-hydrogen) atoms. The number of nitrogens with one attached hydrogen (secondary N) is 2. The van der Waals surface area contributed by atoms with E-state index in [-0.39, 0.29) is 17.9 Å². The van der Waals surface area contributed by atoms with Gasteiger partial charge in [-0.2, -0.15) is 0 Å². The van der Waals surface area contributed by atoms with Gasteiger partial charge in [-0.3, -0.25) is 4.79 Å². The summed E-state index contributed by atoms with van der Waals surface area (Å²) in [5.41, 5.74) is 3.08. The van der Waals surface area contributed by atoms with Crippen molar-refractivity contribution < 1.29 is 9.32 Å². The molecule has 2 N–H and O–H groups in total. The number of carbonyl (C=O) groups is 1. The van der Waals surface area contributed by atoms with Gasteiger partial charge in [0.1, 0.15) is 11.4 Å². The monoisotopic (exact) mass is 338 g/mol. The summed E-state index contributed by atoms with van der Waals surface area (Å²) >= 11 is 0. The molecule has 0 saturated carbocycles. The van der Waals surface area contributed by atoms with Gasteiger partial charge in [0, 0.05) is 5.92 Å². The van der Waals surface area contributed by atoms with Crippen LogP contribution >= 0.6 is 0 Å². The topological polar surface area (TPSA) is 83.8 Å². The predicted octanol–water partition coefficient (Wildman–Crippen LogP) is 3.99. The molecule has 3 rings (SSSR count). The number of aromatic nitrogens is 3. The second-order valence-electron chi connectivity index (χ2n) is 6.41. The highest BCUT2D eigenvalue weighted by atomic mass is 16.5. The molecule has 6 heteroatoms. The van der Waals surface area contributed by atoms with Crippen molar-refractivity contribution in [1.29, 1.82) is 0 Å². The smallest absolute Gasteiger partial charge is 0.257 e. The van der Waals surface area contributed by atoms with Crippen molar-refractivity contribution in [1.82, 2.24) is 20.4 Å². The summed E-state index contributed by atoms with van der Waals surface area (Å²) in [6.45, 7) is 7.61. The number of benzene rings is 1. The van der Waals surface area contributed by atoms with Crippen LogP contribution in [0.5, 0.6) is 0 Å². The Morgan fingerprint density at radius 3 is 2.60 bits per heavy atom. The zero-order chi connectivity index (χ0) is 18.0. The number of imidazole rings is 1. The minimum atomic E-state index is -0.265. The summed E-state index contributed by atoms with van der Waals surface area (Å²) in [7, 11) is 0. The van der Waals surface area contributed by atoms with Crippen molar-refractivity contribution in [3.8, 4) is 11.3 Å². The lowest BCUT2D eigenvalue weighted by Gasteiger charge is -2.12. The van der Waals surface area contributed by atoms with Gasteiger partial charge in [-0.15, -0.1) is 0 Å². The number of carbonyl (C=O) groups excluding carboxylic acids is 1. The van der Waals surface area contributed by atoms with E-state index in [9.17, 15) is 4.79 Å². The number of aryl methyl sites for hydroxylation is 1. The fourth-order valence-electron chi connectivity index (χ4n) is 2.72. The second-order valence-corrected chi connectivity index (χ2v) is 6.41. The summed E-state index contributed by atoms with van der Waals surface area (Å²) in [5, 5.41) is 6.89. The average Bonchev–Trinajstić information content (AvgIpc) is 3.22. The maximum Gasteiger partial charge on any atom is 0.257 e. The van der Waals surface area contributed by atoms with Gasteiger partial charge in [-0.1, -0.05) is 49.3 Å². The van der Waals surface area contributed by atoms with Gasteiger partial charge >= 0.3 is 0 Å². The normalized spacial score (nSPS) is 12.4. The van der Waals surface area contributed by atoms with E-state index < -0.39 is 0 Å². The molecule has 0 radical (unpaired) electrons. The summed E-state index contributed by atoms with van der Waals surface area (Å²) in [5.74, 6) is 1.19. The van der Waals surface area contributed by atoms with Crippen LogP contribution in [0.15, 0.2) is 41.1 Å². The van der Waals surface area contributed by atoms with Crippen LogP contribution in [0.3, 0.4) is 0 Å². The number of hydrogen-bond donors (Lipinski definition) is 2. The molecule has 0 bridgehead atoms. The molecule has 6 nitrogen and oxygen atoms in total. The lowest BCUT2D eigenvalue weighted by atomic mass is 10.0. The number of nitrogens with zero attached hydrogens (tertiary/aromatic N) is 2. The van der Waals surface area contributed by atoms with Crippen molar-refractivity contribution in [2.24, 2.45) is 0 Å². The Balaban J connectivity index is 1.77. The van der Waals surface area contributed by atoms with E-state index in [2.05, 4.69) is 20.4 Å². The van der Waals surface area contributed by atoms with E-state index in [0.717, 1.165) is 11.3 Å². The number of hydrogen-bond acceptors (Lipinski definition) is 4. The van der Waals surface area contributed by atoms with E-state index in [1.54, 1.807) is 13.1 Å². The Kier molecular flexibility index (Phi) is 4.70. The molecule has 0 saturated heterocycles. The summed E-state index contributed by atoms with van der Waals surface area (Å²) < 4.78 is 5.29. The maximum atomic E-state index is 12.7. The van der Waals surface area contributed by atoms with Crippen LogP contribution in [0.4, 0.5) is 0 Å². The zero-order valence-electron chi connectivity index (χ0n) is 14.8. The average molecular weight is 338 g/mol. The minimum Gasteiger partial charge on any atom is -0.360 e. The van der Waals surface area contributed by atoms with Gasteiger partial charge in [0.2, 0.25) is 0 Å². The summed E-state index contributed by atoms with van der Waals surface area (Å²) in [6.07, 6.45) is 1.78. The van der Waals surface area contributed by atoms with Gasteiger partial charge in [0.15, 0.2) is 5.76 Å². The predicted molar refractivity (Wildman–Crippen MR) is 95.2 cm³/mol. The Labute approximate surface area is 146 Å². The first-order valence-electron chi connectivity index (χ1n) is 8.34. The fraction of sp³-hybridized carbons (Fsp3) is 0.316. The molecule has 2 heterocycles. The molecule has 0 aliphatic carbocycles. The molecular weight excluding hydrogens is 316 g/mol. The summed E-state index contributed by atoms with van der Waals surface area (Å²) in [4.78, 5) is 20.3. The number of aromatic amines is 1. The zero-order valence-corrected chi connectivity index (χ0v) is 14.8. The lowest BCUT2D eigenvalue weighted by molar-refractivity contribution is 0.0935. The first-order valence-corrected chi connectivity index (χ1v) is 8.34. The first kappa shape index (κ1) is 17.0. The quantitative estimate of drug-likeness (QED) is 0.737. The Morgan fingerprint density at radius 2 is 1.92 bits per heavy atom. The van der Waals surface area contributed by atoms with Gasteiger partial charge in [0.05, 0.1) is 23.6 Å². The molecule has 130 valence electrons. The van der Waals surface area contributed by atoms with Gasteiger partial charge < -0.3 is 14.8 Å². The van der Waals surface area contributed by atoms with Crippen molar-refractivity contribution in [3.63, 3.8) is 0 Å².